The predicted molar refractivity (Wildman–Crippen MR) is 84.3 cm³/mol. The molecule has 1 aliphatic heterocycles. The van der Waals surface area contributed by atoms with E-state index in [0.29, 0.717) is 12.8 Å². The van der Waals surface area contributed by atoms with E-state index in [-0.39, 0.29) is 5.76 Å². The van der Waals surface area contributed by atoms with Gasteiger partial charge in [-0.1, -0.05) is 60.7 Å². The molecule has 0 bridgehead atoms. The number of ether oxygens (including phenoxy) is 1. The third-order valence-corrected chi connectivity index (χ3v) is 4.01. The molecular weight excluding hydrogens is 276 g/mol. The third-order valence-electron chi connectivity index (χ3n) is 4.01. The van der Waals surface area contributed by atoms with Crippen molar-refractivity contribution in [1.29, 1.82) is 0 Å². The van der Waals surface area contributed by atoms with Crippen LogP contribution in [-0.2, 0) is 21.6 Å². The molecule has 3 heteroatoms. The van der Waals surface area contributed by atoms with E-state index in [4.69, 9.17) is 4.74 Å². The van der Waals surface area contributed by atoms with Crippen LogP contribution in [0.15, 0.2) is 72.5 Å². The molecule has 0 saturated heterocycles. The molecule has 1 heterocycles. The van der Waals surface area contributed by atoms with Gasteiger partial charge in [-0.2, -0.15) is 0 Å². The van der Waals surface area contributed by atoms with Gasteiger partial charge in [-0.05, 0) is 24.0 Å². The lowest BCUT2D eigenvalue weighted by Crippen LogP contribution is -2.36. The number of aliphatic hydroxyl groups excluding tert-OH is 1. The van der Waals surface area contributed by atoms with Crippen LogP contribution >= 0.6 is 0 Å². The Morgan fingerprint density at radius 3 is 2.27 bits per heavy atom. The molecule has 0 fully saturated rings. The van der Waals surface area contributed by atoms with E-state index in [1.165, 1.54) is 5.56 Å². The number of cyclic esters (lactones) is 1. The van der Waals surface area contributed by atoms with Crippen LogP contribution in [-0.4, -0.2) is 11.1 Å². The maximum atomic E-state index is 11.8. The van der Waals surface area contributed by atoms with Gasteiger partial charge in [0, 0.05) is 6.42 Å². The Kier molecular flexibility index (Phi) is 3.96. The maximum absolute atomic E-state index is 11.8. The lowest BCUT2D eigenvalue weighted by atomic mass is 9.83. The summed E-state index contributed by atoms with van der Waals surface area (Å²) in [7, 11) is 0. The Balaban J connectivity index is 1.90. The highest BCUT2D eigenvalue weighted by molar-refractivity contribution is 5.84. The average Bonchev–Trinajstić information content (AvgIpc) is 2.54. The minimum atomic E-state index is -0.799. The summed E-state index contributed by atoms with van der Waals surface area (Å²) < 4.78 is 5.68. The molecule has 0 saturated carbocycles. The molecule has 0 spiro atoms. The molecule has 22 heavy (non-hydrogen) atoms. The van der Waals surface area contributed by atoms with Crippen LogP contribution in [0.25, 0.3) is 0 Å². The zero-order chi connectivity index (χ0) is 15.4. The number of carbonyl (C=O) groups is 1. The third kappa shape index (κ3) is 3.03. The fraction of sp³-hybridized carbons (Fsp3) is 0.211. The number of hydrogen-bond donors (Lipinski definition) is 1. The largest absolute Gasteiger partial charge is 0.512 e. The van der Waals surface area contributed by atoms with Gasteiger partial charge in [0.25, 0.3) is 0 Å². The Bertz CT molecular complexity index is 676. The topological polar surface area (TPSA) is 46.5 Å². The van der Waals surface area contributed by atoms with Gasteiger partial charge in [-0.3, -0.25) is 0 Å². The Hall–Kier alpha value is -2.55. The van der Waals surface area contributed by atoms with Gasteiger partial charge in [-0.25, -0.2) is 4.79 Å². The van der Waals surface area contributed by atoms with E-state index >= 15 is 0 Å². The molecule has 3 rings (SSSR count). The molecule has 2 aromatic rings. The molecule has 112 valence electrons. The summed E-state index contributed by atoms with van der Waals surface area (Å²) in [4.78, 5) is 11.8. The van der Waals surface area contributed by atoms with Crippen molar-refractivity contribution in [3.8, 4) is 0 Å². The van der Waals surface area contributed by atoms with Crippen LogP contribution in [0.3, 0.4) is 0 Å². The van der Waals surface area contributed by atoms with Crippen molar-refractivity contribution in [3.05, 3.63) is 83.6 Å². The normalized spacial score (nSPS) is 21.1. The van der Waals surface area contributed by atoms with Crippen LogP contribution in [0, 0.1) is 0 Å². The number of esters is 1. The van der Waals surface area contributed by atoms with Crippen LogP contribution < -0.4 is 0 Å². The first-order valence-electron chi connectivity index (χ1n) is 7.40. The van der Waals surface area contributed by atoms with Crippen LogP contribution in [0.4, 0.5) is 0 Å². The molecule has 0 unspecified atom stereocenters. The number of carbonyl (C=O) groups excluding carboxylic acids is 1. The number of aliphatic hydroxyl groups is 1. The van der Waals surface area contributed by atoms with E-state index in [2.05, 4.69) is 12.1 Å². The number of benzene rings is 2. The first-order valence-corrected chi connectivity index (χ1v) is 7.40. The highest BCUT2D eigenvalue weighted by Gasteiger charge is 2.39. The fourth-order valence-electron chi connectivity index (χ4n) is 2.92. The Morgan fingerprint density at radius 2 is 1.64 bits per heavy atom. The summed E-state index contributed by atoms with van der Waals surface area (Å²) in [6.45, 7) is 0. The fourth-order valence-corrected chi connectivity index (χ4v) is 2.92. The molecule has 2 aromatic carbocycles. The maximum Gasteiger partial charge on any atom is 0.335 e. The highest BCUT2D eigenvalue weighted by Crippen LogP contribution is 2.39. The zero-order valence-electron chi connectivity index (χ0n) is 12.2. The summed E-state index contributed by atoms with van der Waals surface area (Å²) in [6.07, 6.45) is 2.88. The van der Waals surface area contributed by atoms with Gasteiger partial charge >= 0.3 is 5.97 Å². The van der Waals surface area contributed by atoms with Crippen molar-refractivity contribution in [3.63, 3.8) is 0 Å². The smallest absolute Gasteiger partial charge is 0.335 e. The molecule has 0 aliphatic carbocycles. The Labute approximate surface area is 129 Å². The van der Waals surface area contributed by atoms with Gasteiger partial charge in [0.15, 0.2) is 0 Å². The monoisotopic (exact) mass is 294 g/mol. The van der Waals surface area contributed by atoms with Crippen molar-refractivity contribution in [2.24, 2.45) is 0 Å². The van der Waals surface area contributed by atoms with Crippen molar-refractivity contribution in [2.45, 2.75) is 24.9 Å². The summed E-state index contributed by atoms with van der Waals surface area (Å²) >= 11 is 0. The Morgan fingerprint density at radius 1 is 1.00 bits per heavy atom. The molecule has 0 radical (unpaired) electrons. The lowest BCUT2D eigenvalue weighted by molar-refractivity contribution is -0.159. The minimum Gasteiger partial charge on any atom is -0.512 e. The first kappa shape index (κ1) is 14.4. The van der Waals surface area contributed by atoms with Crippen molar-refractivity contribution in [1.82, 2.24) is 0 Å². The standard InChI is InChI=1S/C19H18O3/c20-17-13-18(21)22-19(14-17,16-9-5-2-6-10-16)12-11-15-7-3-1-4-8-15/h1-10,13,20H,11-12,14H2/t19-/m0/s1. The van der Waals surface area contributed by atoms with E-state index in [1.54, 1.807) is 0 Å². The molecule has 3 nitrogen and oxygen atoms in total. The van der Waals surface area contributed by atoms with Crippen molar-refractivity contribution in [2.75, 3.05) is 0 Å². The summed E-state index contributed by atoms with van der Waals surface area (Å²) in [6, 6.07) is 19.7. The molecule has 1 N–H and O–H groups in total. The second-order valence-electron chi connectivity index (χ2n) is 5.58. The van der Waals surface area contributed by atoms with Crippen molar-refractivity contribution < 1.29 is 14.6 Å². The van der Waals surface area contributed by atoms with Crippen LogP contribution in [0.1, 0.15) is 24.0 Å². The van der Waals surface area contributed by atoms with Crippen LogP contribution in [0.5, 0.6) is 0 Å². The molecule has 1 atom stereocenters. The molecular formula is C19H18O3. The van der Waals surface area contributed by atoms with E-state index < -0.39 is 11.6 Å². The molecule has 0 amide bonds. The number of hydrogen-bond acceptors (Lipinski definition) is 3. The minimum absolute atomic E-state index is 0.0770. The predicted octanol–water partition coefficient (Wildman–Crippen LogP) is 3.90. The zero-order valence-corrected chi connectivity index (χ0v) is 12.2. The van der Waals surface area contributed by atoms with Gasteiger partial charge in [0.1, 0.15) is 11.4 Å². The second kappa shape index (κ2) is 6.06. The van der Waals surface area contributed by atoms with Crippen molar-refractivity contribution >= 4 is 5.97 Å². The average molecular weight is 294 g/mol. The van der Waals surface area contributed by atoms with Gasteiger partial charge in [0.2, 0.25) is 0 Å². The summed E-state index contributed by atoms with van der Waals surface area (Å²) in [5.74, 6) is -0.408. The van der Waals surface area contributed by atoms with E-state index in [1.807, 2.05) is 48.5 Å². The second-order valence-corrected chi connectivity index (χ2v) is 5.58. The SMILES string of the molecule is O=C1C=C(O)C[C@@](CCc2ccccc2)(c2ccccc2)O1. The van der Waals surface area contributed by atoms with Gasteiger partial charge in [-0.15, -0.1) is 0 Å². The molecule has 1 aliphatic rings. The highest BCUT2D eigenvalue weighted by atomic mass is 16.6. The van der Waals surface area contributed by atoms with Crippen LogP contribution in [0.2, 0.25) is 0 Å². The quantitative estimate of drug-likeness (QED) is 0.870. The summed E-state index contributed by atoms with van der Waals surface area (Å²) in [5.41, 5.74) is 1.30. The van der Waals surface area contributed by atoms with Gasteiger partial charge in [0.05, 0.1) is 6.08 Å². The lowest BCUT2D eigenvalue weighted by Gasteiger charge is -2.36. The van der Waals surface area contributed by atoms with Gasteiger partial charge < -0.3 is 9.84 Å². The number of aryl methyl sites for hydroxylation is 1. The van der Waals surface area contributed by atoms with E-state index in [0.717, 1.165) is 18.1 Å². The molecule has 0 aromatic heterocycles. The summed E-state index contributed by atoms with van der Waals surface area (Å²) in [5, 5.41) is 9.93. The number of rotatable bonds is 4. The first-order chi connectivity index (χ1) is 10.7. The van der Waals surface area contributed by atoms with E-state index in [9.17, 15) is 9.90 Å².